The molecule has 0 bridgehead atoms. The molecule has 7 nitrogen and oxygen atoms in total. The van der Waals surface area contributed by atoms with E-state index in [1.807, 2.05) is 17.0 Å². The van der Waals surface area contributed by atoms with Gasteiger partial charge in [-0.05, 0) is 48.4 Å². The number of piperidine rings is 1. The second-order valence-corrected chi connectivity index (χ2v) is 10.5. The van der Waals surface area contributed by atoms with Gasteiger partial charge in [-0.1, -0.05) is 42.5 Å². The number of amides is 3. The molecule has 1 aromatic heterocycles. The molecule has 3 amide bonds. The van der Waals surface area contributed by atoms with Gasteiger partial charge in [0.1, 0.15) is 5.54 Å². The van der Waals surface area contributed by atoms with Crippen molar-refractivity contribution in [3.8, 4) is 0 Å². The summed E-state index contributed by atoms with van der Waals surface area (Å²) in [5.41, 5.74) is 4.27. The highest BCUT2D eigenvalue weighted by Crippen LogP contribution is 2.40. The van der Waals surface area contributed by atoms with Gasteiger partial charge < -0.3 is 14.2 Å². The first-order valence-corrected chi connectivity index (χ1v) is 13.0. The van der Waals surface area contributed by atoms with Crippen molar-refractivity contribution >= 4 is 22.8 Å². The Hall–Kier alpha value is -3.16. The van der Waals surface area contributed by atoms with Gasteiger partial charge in [0, 0.05) is 63.5 Å². The number of imide groups is 1. The van der Waals surface area contributed by atoms with E-state index in [-0.39, 0.29) is 18.0 Å². The zero-order valence-corrected chi connectivity index (χ0v) is 21.2. The number of urea groups is 1. The fraction of sp³-hybridized carbons (Fsp3) is 0.448. The molecule has 2 saturated heterocycles. The predicted octanol–water partition coefficient (Wildman–Crippen LogP) is 3.59. The van der Waals surface area contributed by atoms with Crippen molar-refractivity contribution < 1.29 is 14.3 Å². The molecule has 1 spiro atoms. The van der Waals surface area contributed by atoms with Crippen molar-refractivity contribution in [2.75, 3.05) is 33.4 Å². The number of carbonyl (C=O) groups excluding carboxylic acids is 2. The zero-order chi connectivity index (χ0) is 24.9. The first-order chi connectivity index (χ1) is 17.5. The maximum atomic E-state index is 14.0. The molecule has 3 aromatic rings. The van der Waals surface area contributed by atoms with Gasteiger partial charge in [0.25, 0.3) is 5.91 Å². The van der Waals surface area contributed by atoms with Gasteiger partial charge in [-0.25, -0.2) is 4.79 Å². The molecular weight excluding hydrogens is 452 g/mol. The molecule has 0 unspecified atom stereocenters. The Balaban J connectivity index is 1.22. The molecule has 0 radical (unpaired) electrons. The van der Waals surface area contributed by atoms with Crippen LogP contribution in [-0.2, 0) is 36.0 Å². The molecular formula is C29H34N4O3. The summed E-state index contributed by atoms with van der Waals surface area (Å²) in [6.45, 7) is 3.29. The summed E-state index contributed by atoms with van der Waals surface area (Å²) >= 11 is 0. The minimum absolute atomic E-state index is 0.00813. The zero-order valence-electron chi connectivity index (χ0n) is 21.2. The van der Waals surface area contributed by atoms with E-state index in [1.54, 1.807) is 12.0 Å². The molecule has 7 heteroatoms. The Morgan fingerprint density at radius 1 is 0.972 bits per heavy atom. The number of methoxy groups -OCH3 is 1. The van der Waals surface area contributed by atoms with Crippen molar-refractivity contribution in [1.82, 2.24) is 19.3 Å². The Bertz CT molecular complexity index is 1280. The molecule has 36 heavy (non-hydrogen) atoms. The quantitative estimate of drug-likeness (QED) is 0.500. The maximum absolute atomic E-state index is 14.0. The van der Waals surface area contributed by atoms with Crippen LogP contribution < -0.4 is 0 Å². The van der Waals surface area contributed by atoms with E-state index in [2.05, 4.69) is 59.1 Å². The van der Waals surface area contributed by atoms with Crippen LogP contribution in [0.25, 0.3) is 10.9 Å². The molecule has 3 aliphatic rings. The van der Waals surface area contributed by atoms with Crippen molar-refractivity contribution in [1.29, 1.82) is 0 Å². The number of benzene rings is 2. The minimum Gasteiger partial charge on any atom is -0.383 e. The van der Waals surface area contributed by atoms with Crippen LogP contribution in [0.4, 0.5) is 4.79 Å². The molecule has 2 aliphatic heterocycles. The lowest BCUT2D eigenvalue weighted by molar-refractivity contribution is -0.137. The van der Waals surface area contributed by atoms with E-state index in [1.165, 1.54) is 27.6 Å². The lowest BCUT2D eigenvalue weighted by atomic mass is 9.85. The van der Waals surface area contributed by atoms with Crippen molar-refractivity contribution in [2.45, 2.75) is 43.8 Å². The second kappa shape index (κ2) is 9.05. The topological polar surface area (TPSA) is 58.0 Å². The SMILES string of the molecule is COCCN1C(=O)N(C2Cc3ccccc3C2)C(=O)C12CCN(Cc1cn(C)c3ccccc13)CC2. The number of aromatic nitrogens is 1. The number of ether oxygens (including phenoxy) is 1. The van der Waals surface area contributed by atoms with Crippen LogP contribution in [0, 0.1) is 0 Å². The van der Waals surface area contributed by atoms with Crippen LogP contribution in [-0.4, -0.2) is 76.1 Å². The van der Waals surface area contributed by atoms with E-state index >= 15 is 0 Å². The van der Waals surface area contributed by atoms with E-state index in [0.29, 0.717) is 26.0 Å². The third-order valence-corrected chi connectivity index (χ3v) is 8.54. The van der Waals surface area contributed by atoms with Crippen molar-refractivity contribution in [3.05, 3.63) is 71.4 Å². The molecule has 2 aromatic carbocycles. The largest absolute Gasteiger partial charge is 0.383 e. The molecule has 2 fully saturated rings. The van der Waals surface area contributed by atoms with E-state index in [0.717, 1.165) is 32.5 Å². The molecule has 6 rings (SSSR count). The highest BCUT2D eigenvalue weighted by atomic mass is 16.5. The lowest BCUT2D eigenvalue weighted by Crippen LogP contribution is -2.57. The number of para-hydroxylation sites is 1. The van der Waals surface area contributed by atoms with Gasteiger partial charge in [0.05, 0.1) is 6.61 Å². The summed E-state index contributed by atoms with van der Waals surface area (Å²) in [7, 11) is 3.73. The van der Waals surface area contributed by atoms with E-state index < -0.39 is 5.54 Å². The molecule has 0 N–H and O–H groups in total. The molecule has 1 aliphatic carbocycles. The van der Waals surface area contributed by atoms with E-state index in [4.69, 9.17) is 4.74 Å². The summed E-state index contributed by atoms with van der Waals surface area (Å²) in [5, 5.41) is 1.28. The monoisotopic (exact) mass is 486 g/mol. The highest BCUT2D eigenvalue weighted by molar-refractivity contribution is 6.07. The van der Waals surface area contributed by atoms with E-state index in [9.17, 15) is 9.59 Å². The first kappa shape index (κ1) is 23.3. The summed E-state index contributed by atoms with van der Waals surface area (Å²) in [6.07, 6.45) is 5.01. The molecule has 0 atom stereocenters. The normalized spacial score (nSPS) is 20.3. The number of aryl methyl sites for hydroxylation is 1. The number of likely N-dealkylation sites (tertiary alicyclic amines) is 1. The van der Waals surface area contributed by atoms with Gasteiger partial charge in [-0.15, -0.1) is 0 Å². The lowest BCUT2D eigenvalue weighted by Gasteiger charge is -2.42. The number of hydrogen-bond acceptors (Lipinski definition) is 4. The van der Waals surface area contributed by atoms with Crippen LogP contribution in [0.5, 0.6) is 0 Å². The van der Waals surface area contributed by atoms with Gasteiger partial charge in [0.2, 0.25) is 0 Å². The predicted molar refractivity (Wildman–Crippen MR) is 139 cm³/mol. The third-order valence-electron chi connectivity index (χ3n) is 8.54. The van der Waals surface area contributed by atoms with Crippen LogP contribution in [0.15, 0.2) is 54.7 Å². The minimum atomic E-state index is -0.764. The smallest absolute Gasteiger partial charge is 0.328 e. The fourth-order valence-electron chi connectivity index (χ4n) is 6.63. The van der Waals surface area contributed by atoms with Gasteiger partial charge in [-0.3, -0.25) is 14.6 Å². The molecule has 3 heterocycles. The highest BCUT2D eigenvalue weighted by Gasteiger charge is 2.59. The Labute approximate surface area is 212 Å². The number of carbonyl (C=O) groups is 2. The van der Waals surface area contributed by atoms with Crippen molar-refractivity contribution in [3.63, 3.8) is 0 Å². The number of fused-ring (bicyclic) bond motifs is 2. The molecule has 0 saturated carbocycles. The third kappa shape index (κ3) is 3.64. The van der Waals surface area contributed by atoms with Crippen LogP contribution in [0.2, 0.25) is 0 Å². The number of hydrogen-bond donors (Lipinski definition) is 0. The standard InChI is InChI=1S/C29H34N4O3/c1-30-19-23(25-9-5-6-10-26(25)30)20-31-13-11-29(12-14-31)27(34)33(28(35)32(29)15-16-36-2)24-17-21-7-3-4-8-22(21)18-24/h3-10,19,24H,11-18,20H2,1-2H3. The summed E-state index contributed by atoms with van der Waals surface area (Å²) < 4.78 is 7.52. The summed E-state index contributed by atoms with van der Waals surface area (Å²) in [6, 6.07) is 16.6. The van der Waals surface area contributed by atoms with Crippen molar-refractivity contribution in [2.24, 2.45) is 7.05 Å². The van der Waals surface area contributed by atoms with Gasteiger partial charge >= 0.3 is 6.03 Å². The van der Waals surface area contributed by atoms with Gasteiger partial charge in [-0.2, -0.15) is 0 Å². The summed E-state index contributed by atoms with van der Waals surface area (Å²) in [4.78, 5) is 33.6. The number of rotatable bonds is 6. The number of nitrogens with zero attached hydrogens (tertiary/aromatic N) is 4. The van der Waals surface area contributed by atoms with Crippen LogP contribution >= 0.6 is 0 Å². The van der Waals surface area contributed by atoms with Gasteiger partial charge in [0.15, 0.2) is 0 Å². The second-order valence-electron chi connectivity index (χ2n) is 10.5. The van der Waals surface area contributed by atoms with Crippen LogP contribution in [0.3, 0.4) is 0 Å². The molecule has 188 valence electrons. The first-order valence-electron chi connectivity index (χ1n) is 13.0. The Morgan fingerprint density at radius 2 is 1.64 bits per heavy atom. The Morgan fingerprint density at radius 3 is 2.33 bits per heavy atom. The average molecular weight is 487 g/mol. The fourth-order valence-corrected chi connectivity index (χ4v) is 6.63. The maximum Gasteiger partial charge on any atom is 0.328 e. The summed E-state index contributed by atoms with van der Waals surface area (Å²) in [5.74, 6) is -0.00813. The Kier molecular flexibility index (Phi) is 5.85. The average Bonchev–Trinajstić information content (AvgIpc) is 3.51. The van der Waals surface area contributed by atoms with Crippen LogP contribution in [0.1, 0.15) is 29.5 Å².